The lowest BCUT2D eigenvalue weighted by Gasteiger charge is -2.30. The van der Waals surface area contributed by atoms with Crippen LogP contribution in [0, 0.1) is 0 Å². The molecule has 1 fully saturated rings. The Morgan fingerprint density at radius 3 is 2.61 bits per heavy atom. The Morgan fingerprint density at radius 2 is 1.87 bits per heavy atom. The topological polar surface area (TPSA) is 148 Å². The molecule has 5 rings (SSSR count). The van der Waals surface area contributed by atoms with Crippen LogP contribution >= 0.6 is 0 Å². The Morgan fingerprint density at radius 1 is 1.08 bits per heavy atom. The molecule has 3 aromatic rings. The lowest BCUT2D eigenvalue weighted by atomic mass is 9.91. The molecule has 0 saturated heterocycles. The molecule has 2 unspecified atom stereocenters. The van der Waals surface area contributed by atoms with E-state index in [0.29, 0.717) is 36.2 Å². The number of aromatic nitrogens is 2. The number of primary amides is 1. The summed E-state index contributed by atoms with van der Waals surface area (Å²) >= 11 is 0. The Bertz CT molecular complexity index is 1330. The summed E-state index contributed by atoms with van der Waals surface area (Å²) in [5.74, 6) is 0.777. The molecule has 0 radical (unpaired) electrons. The number of hydrogen-bond donors (Lipinski definition) is 4. The molecule has 1 aromatic heterocycles. The van der Waals surface area contributed by atoms with Gasteiger partial charge in [-0.15, -0.1) is 0 Å². The fraction of sp³-hybridized carbons (Fsp3) is 0.357. The van der Waals surface area contributed by atoms with E-state index in [1.54, 1.807) is 31.4 Å². The molecule has 1 saturated carbocycles. The van der Waals surface area contributed by atoms with Crippen molar-refractivity contribution in [2.75, 3.05) is 24.3 Å². The van der Waals surface area contributed by atoms with Crippen molar-refractivity contribution >= 4 is 29.3 Å². The summed E-state index contributed by atoms with van der Waals surface area (Å²) < 4.78 is 5.20. The summed E-state index contributed by atoms with van der Waals surface area (Å²) in [6.07, 6.45) is 6.31. The maximum atomic E-state index is 13.1. The molecule has 2 heterocycles. The van der Waals surface area contributed by atoms with Crippen LogP contribution in [0.1, 0.15) is 57.5 Å². The number of carbonyl (C=O) groups excluding carboxylic acids is 2. The molecule has 2 aromatic carbocycles. The summed E-state index contributed by atoms with van der Waals surface area (Å²) in [6, 6.07) is 13.2. The number of fused-ring (bicyclic) bond motifs is 1. The number of ether oxygens (including phenoxy) is 1. The first kappa shape index (κ1) is 25.5. The second kappa shape index (κ2) is 11.1. The summed E-state index contributed by atoms with van der Waals surface area (Å²) in [7, 11) is 1.60. The summed E-state index contributed by atoms with van der Waals surface area (Å²) in [4.78, 5) is 35.9. The minimum atomic E-state index is -0.623. The van der Waals surface area contributed by atoms with Crippen LogP contribution in [0.4, 0.5) is 17.5 Å². The first-order valence-electron chi connectivity index (χ1n) is 12.9. The van der Waals surface area contributed by atoms with Crippen LogP contribution in [0.25, 0.3) is 0 Å². The second-order valence-electron chi connectivity index (χ2n) is 9.83. The molecular formula is C28H33N7O3. The van der Waals surface area contributed by atoms with Crippen LogP contribution in [0.2, 0.25) is 0 Å². The molecular weight excluding hydrogens is 482 g/mol. The highest BCUT2D eigenvalue weighted by atomic mass is 16.5. The quantitative estimate of drug-likeness (QED) is 0.375. The van der Waals surface area contributed by atoms with Crippen LogP contribution in [0.3, 0.4) is 0 Å². The lowest BCUT2D eigenvalue weighted by molar-refractivity contribution is 0.0734. The molecule has 0 bridgehead atoms. The first-order valence-corrected chi connectivity index (χ1v) is 12.9. The van der Waals surface area contributed by atoms with E-state index >= 15 is 0 Å². The molecule has 1 aliphatic carbocycles. The highest BCUT2D eigenvalue weighted by Crippen LogP contribution is 2.27. The largest absolute Gasteiger partial charge is 0.497 e. The Kier molecular flexibility index (Phi) is 7.41. The zero-order chi connectivity index (χ0) is 26.6. The molecule has 10 heteroatoms. The minimum absolute atomic E-state index is 0.0277. The number of anilines is 3. The molecule has 1 aliphatic heterocycles. The van der Waals surface area contributed by atoms with Gasteiger partial charge in [-0.3, -0.25) is 9.59 Å². The van der Waals surface area contributed by atoms with Crippen molar-refractivity contribution in [1.82, 2.24) is 14.9 Å². The maximum Gasteiger partial charge on any atom is 0.254 e. The van der Waals surface area contributed by atoms with E-state index in [4.69, 9.17) is 16.2 Å². The monoisotopic (exact) mass is 515 g/mol. The number of amides is 2. The van der Waals surface area contributed by atoms with E-state index in [2.05, 4.69) is 20.6 Å². The predicted molar refractivity (Wildman–Crippen MR) is 146 cm³/mol. The molecule has 2 aliphatic rings. The number of rotatable bonds is 7. The number of nitrogens with one attached hydrogen (secondary N) is 2. The van der Waals surface area contributed by atoms with Crippen molar-refractivity contribution in [3.63, 3.8) is 0 Å². The second-order valence-corrected chi connectivity index (χ2v) is 9.83. The molecule has 38 heavy (non-hydrogen) atoms. The first-order chi connectivity index (χ1) is 18.4. The van der Waals surface area contributed by atoms with E-state index in [0.717, 1.165) is 43.4 Å². The third-order valence-electron chi connectivity index (χ3n) is 7.29. The zero-order valence-corrected chi connectivity index (χ0v) is 21.4. The van der Waals surface area contributed by atoms with E-state index in [9.17, 15) is 9.59 Å². The summed E-state index contributed by atoms with van der Waals surface area (Å²) in [5, 5.41) is 6.56. The van der Waals surface area contributed by atoms with Gasteiger partial charge in [0.15, 0.2) is 0 Å². The van der Waals surface area contributed by atoms with Gasteiger partial charge in [0.25, 0.3) is 11.8 Å². The molecule has 6 N–H and O–H groups in total. The van der Waals surface area contributed by atoms with Crippen LogP contribution in [0.15, 0.2) is 48.7 Å². The maximum absolute atomic E-state index is 13.1. The van der Waals surface area contributed by atoms with Gasteiger partial charge in [-0.2, -0.15) is 4.98 Å². The van der Waals surface area contributed by atoms with Gasteiger partial charge >= 0.3 is 0 Å². The van der Waals surface area contributed by atoms with Crippen LogP contribution in [0.5, 0.6) is 5.75 Å². The van der Waals surface area contributed by atoms with Crippen molar-refractivity contribution in [2.24, 2.45) is 11.5 Å². The average molecular weight is 516 g/mol. The Balaban J connectivity index is 1.34. The predicted octanol–water partition coefficient (Wildman–Crippen LogP) is 3.21. The number of nitrogens with zero attached hydrogens (tertiary/aromatic N) is 3. The van der Waals surface area contributed by atoms with Crippen molar-refractivity contribution in [1.29, 1.82) is 0 Å². The van der Waals surface area contributed by atoms with E-state index in [1.807, 2.05) is 23.1 Å². The van der Waals surface area contributed by atoms with Gasteiger partial charge in [0, 0.05) is 42.6 Å². The summed E-state index contributed by atoms with van der Waals surface area (Å²) in [5.41, 5.74) is 15.6. The lowest BCUT2D eigenvalue weighted by Crippen LogP contribution is -2.43. The fourth-order valence-electron chi connectivity index (χ4n) is 5.09. The summed E-state index contributed by atoms with van der Waals surface area (Å²) in [6.45, 7) is 1.12. The van der Waals surface area contributed by atoms with Crippen LogP contribution in [-0.2, 0) is 13.0 Å². The molecule has 198 valence electrons. The highest BCUT2D eigenvalue weighted by Gasteiger charge is 2.24. The number of benzene rings is 2. The van der Waals surface area contributed by atoms with Gasteiger partial charge in [0.05, 0.1) is 7.11 Å². The third kappa shape index (κ3) is 5.55. The van der Waals surface area contributed by atoms with Gasteiger partial charge in [-0.05, 0) is 66.8 Å². The fourth-order valence-corrected chi connectivity index (χ4v) is 5.09. The molecule has 2 amide bonds. The Labute approximate surface area is 221 Å². The van der Waals surface area contributed by atoms with Crippen LogP contribution in [-0.4, -0.2) is 52.4 Å². The van der Waals surface area contributed by atoms with Gasteiger partial charge in [-0.25, -0.2) is 4.98 Å². The number of methoxy groups -OCH3 is 1. The number of carbonyl (C=O) groups is 2. The van der Waals surface area contributed by atoms with Crippen molar-refractivity contribution in [3.05, 3.63) is 70.9 Å². The van der Waals surface area contributed by atoms with E-state index in [-0.39, 0.29) is 23.6 Å². The van der Waals surface area contributed by atoms with E-state index < -0.39 is 5.91 Å². The Hall–Kier alpha value is -4.18. The number of hydrogen-bond acceptors (Lipinski definition) is 8. The van der Waals surface area contributed by atoms with E-state index in [1.165, 1.54) is 11.8 Å². The number of nitrogens with two attached hydrogens (primary N) is 2. The van der Waals surface area contributed by atoms with Gasteiger partial charge in [0.2, 0.25) is 5.95 Å². The molecule has 2 atom stereocenters. The normalized spacial score (nSPS) is 18.8. The van der Waals surface area contributed by atoms with Crippen molar-refractivity contribution < 1.29 is 14.3 Å². The van der Waals surface area contributed by atoms with Gasteiger partial charge < -0.3 is 31.7 Å². The molecule has 0 spiro atoms. The third-order valence-corrected chi connectivity index (χ3v) is 7.29. The highest BCUT2D eigenvalue weighted by molar-refractivity contribution is 5.98. The average Bonchev–Trinajstić information content (AvgIpc) is 2.93. The van der Waals surface area contributed by atoms with Crippen molar-refractivity contribution in [2.45, 2.75) is 50.7 Å². The van der Waals surface area contributed by atoms with Gasteiger partial charge in [0.1, 0.15) is 17.1 Å². The smallest absolute Gasteiger partial charge is 0.254 e. The van der Waals surface area contributed by atoms with Gasteiger partial charge in [-0.1, -0.05) is 18.9 Å². The minimum Gasteiger partial charge on any atom is -0.497 e. The molecule has 10 nitrogen and oxygen atoms in total. The standard InChI is InChI=1S/C28H33N7O3/c1-38-21-10-7-18(8-11-21)27(37)35-13-12-17-6-9-20(14-19(17)16-35)32-26-22(25(30)36)15-31-28(34-26)33-24-5-3-2-4-23(24)29/h6-11,14-15,23-24H,2-5,12-13,16,29H2,1H3,(H2,30,36)(H2,31,32,33,34). The van der Waals surface area contributed by atoms with Crippen LogP contribution < -0.4 is 26.8 Å². The van der Waals surface area contributed by atoms with Crippen molar-refractivity contribution in [3.8, 4) is 5.75 Å². The SMILES string of the molecule is COc1ccc(C(=O)N2CCc3ccc(Nc4nc(NC5CCCCC5N)ncc4C(N)=O)cc3C2)cc1. The zero-order valence-electron chi connectivity index (χ0n) is 21.4.